The van der Waals surface area contributed by atoms with Gasteiger partial charge in [-0.25, -0.2) is 4.68 Å². The molecule has 98 valence electrons. The molecule has 0 spiro atoms. The summed E-state index contributed by atoms with van der Waals surface area (Å²) >= 11 is 1.03. The maximum absolute atomic E-state index is 10.3. The van der Waals surface area contributed by atoms with Crippen molar-refractivity contribution >= 4 is 17.9 Å². The van der Waals surface area contributed by atoms with Gasteiger partial charge in [-0.2, -0.15) is 10.1 Å². The van der Waals surface area contributed by atoms with E-state index in [9.17, 15) is 4.91 Å². The Morgan fingerprint density at radius 1 is 1.67 bits per heavy atom. The number of hydrogen-bond donors (Lipinski definition) is 2. The van der Waals surface area contributed by atoms with Crippen LogP contribution in [0.3, 0.4) is 0 Å². The second-order valence-electron chi connectivity index (χ2n) is 4.75. The van der Waals surface area contributed by atoms with E-state index in [4.69, 9.17) is 0 Å². The number of allylic oxidation sites excluding steroid dienone is 1. The normalized spacial score (nSPS) is 18.6. The summed E-state index contributed by atoms with van der Waals surface area (Å²) in [4.78, 5) is 14.4. The van der Waals surface area contributed by atoms with Crippen molar-refractivity contribution < 1.29 is 0 Å². The van der Waals surface area contributed by atoms with Crippen molar-refractivity contribution in [2.45, 2.75) is 31.6 Å². The third kappa shape index (κ3) is 2.81. The minimum atomic E-state index is -0.251. The summed E-state index contributed by atoms with van der Waals surface area (Å²) in [5.41, 5.74) is 0. The first kappa shape index (κ1) is 12.9. The minimum absolute atomic E-state index is 0.145. The lowest BCUT2D eigenvalue weighted by Gasteiger charge is -2.25. The molecule has 0 saturated heterocycles. The van der Waals surface area contributed by atoms with E-state index in [1.807, 2.05) is 26.8 Å². The highest BCUT2D eigenvalue weighted by Gasteiger charge is 2.22. The van der Waals surface area contributed by atoms with Crippen molar-refractivity contribution in [2.24, 2.45) is 4.58 Å². The molecule has 0 aliphatic carbocycles. The first-order valence-electron chi connectivity index (χ1n) is 5.65. The average molecular weight is 268 g/mol. The average Bonchev–Trinajstić information content (AvgIpc) is 2.75. The number of nitrogens with zero attached hydrogens (tertiary/aromatic N) is 4. The van der Waals surface area contributed by atoms with E-state index in [1.165, 1.54) is 6.33 Å². The molecule has 0 aromatic carbocycles. The molecule has 8 heteroatoms. The van der Waals surface area contributed by atoms with Crippen molar-refractivity contribution in [3.8, 4) is 0 Å². The van der Waals surface area contributed by atoms with E-state index in [2.05, 4.69) is 25.3 Å². The molecule has 2 heterocycles. The van der Waals surface area contributed by atoms with Crippen LogP contribution in [0.1, 0.15) is 26.8 Å². The van der Waals surface area contributed by atoms with E-state index < -0.39 is 0 Å². The Morgan fingerprint density at radius 2 is 2.44 bits per heavy atom. The SMILES string of the molecule is CC1C=C(NCC(C)(C)SN=O)Nc2ncnn21. The number of aromatic nitrogens is 3. The first-order valence-corrected chi connectivity index (χ1v) is 6.42. The van der Waals surface area contributed by atoms with Gasteiger partial charge < -0.3 is 10.6 Å². The topological polar surface area (TPSA) is 84.2 Å². The predicted octanol–water partition coefficient (Wildman–Crippen LogP) is 1.89. The summed E-state index contributed by atoms with van der Waals surface area (Å²) in [5, 5.41) is 10.5. The largest absolute Gasteiger partial charge is 0.370 e. The zero-order chi connectivity index (χ0) is 13.2. The fraction of sp³-hybridized carbons (Fsp3) is 0.600. The molecule has 2 N–H and O–H groups in total. The monoisotopic (exact) mass is 268 g/mol. The van der Waals surface area contributed by atoms with E-state index in [0.29, 0.717) is 12.5 Å². The molecule has 0 bridgehead atoms. The van der Waals surface area contributed by atoms with Gasteiger partial charge >= 0.3 is 0 Å². The lowest BCUT2D eigenvalue weighted by molar-refractivity contribution is 0.556. The molecule has 1 aliphatic rings. The number of anilines is 1. The van der Waals surface area contributed by atoms with Crippen LogP contribution in [0.15, 0.2) is 22.8 Å². The van der Waals surface area contributed by atoms with Crippen LogP contribution in [0.25, 0.3) is 0 Å². The third-order valence-electron chi connectivity index (χ3n) is 2.60. The number of fused-ring (bicyclic) bond motifs is 1. The summed E-state index contributed by atoms with van der Waals surface area (Å²) in [6.45, 7) is 6.58. The van der Waals surface area contributed by atoms with Crippen LogP contribution < -0.4 is 10.6 Å². The lowest BCUT2D eigenvalue weighted by atomic mass is 10.2. The van der Waals surface area contributed by atoms with Crippen molar-refractivity contribution in [1.29, 1.82) is 0 Å². The van der Waals surface area contributed by atoms with E-state index in [1.54, 1.807) is 4.68 Å². The second-order valence-corrected chi connectivity index (χ2v) is 6.19. The third-order valence-corrected chi connectivity index (χ3v) is 3.32. The van der Waals surface area contributed by atoms with Gasteiger partial charge in [-0.3, -0.25) is 0 Å². The fourth-order valence-electron chi connectivity index (χ4n) is 1.66. The smallest absolute Gasteiger partial charge is 0.227 e. The summed E-state index contributed by atoms with van der Waals surface area (Å²) in [7, 11) is 0. The van der Waals surface area contributed by atoms with E-state index in [-0.39, 0.29) is 10.8 Å². The molecule has 0 fully saturated rings. The molecule has 0 radical (unpaired) electrons. The van der Waals surface area contributed by atoms with Crippen LogP contribution in [0.5, 0.6) is 0 Å². The molecule has 0 amide bonds. The Morgan fingerprint density at radius 3 is 3.17 bits per heavy atom. The van der Waals surface area contributed by atoms with Crippen LogP contribution in [-0.4, -0.2) is 26.1 Å². The van der Waals surface area contributed by atoms with Gasteiger partial charge in [0, 0.05) is 23.1 Å². The highest BCUT2D eigenvalue weighted by Crippen LogP contribution is 2.25. The van der Waals surface area contributed by atoms with E-state index in [0.717, 1.165) is 17.8 Å². The van der Waals surface area contributed by atoms with Crippen LogP contribution in [0, 0.1) is 4.91 Å². The molecule has 1 atom stereocenters. The van der Waals surface area contributed by atoms with E-state index >= 15 is 0 Å². The maximum atomic E-state index is 10.3. The molecule has 1 unspecified atom stereocenters. The Labute approximate surface area is 110 Å². The van der Waals surface area contributed by atoms with Gasteiger partial charge in [0.2, 0.25) is 5.95 Å². The van der Waals surface area contributed by atoms with Crippen molar-refractivity contribution in [3.63, 3.8) is 0 Å². The molecular weight excluding hydrogens is 252 g/mol. The predicted molar refractivity (Wildman–Crippen MR) is 71.9 cm³/mol. The Balaban J connectivity index is 1.98. The van der Waals surface area contributed by atoms with Crippen molar-refractivity contribution in [3.05, 3.63) is 23.1 Å². The van der Waals surface area contributed by atoms with Gasteiger partial charge in [-0.15, -0.1) is 4.91 Å². The Hall–Kier alpha value is -1.57. The molecule has 18 heavy (non-hydrogen) atoms. The highest BCUT2D eigenvalue weighted by atomic mass is 32.2. The zero-order valence-electron chi connectivity index (χ0n) is 10.5. The molecule has 2 rings (SSSR count). The minimum Gasteiger partial charge on any atom is -0.370 e. The second kappa shape index (κ2) is 4.97. The summed E-state index contributed by atoms with van der Waals surface area (Å²) < 4.78 is 4.43. The summed E-state index contributed by atoms with van der Waals surface area (Å²) in [5.74, 6) is 1.59. The number of nitrogens with one attached hydrogen (secondary N) is 2. The number of hydrogen-bond acceptors (Lipinski definition) is 7. The van der Waals surface area contributed by atoms with Crippen LogP contribution in [0.2, 0.25) is 0 Å². The van der Waals surface area contributed by atoms with Gasteiger partial charge in [-0.05, 0) is 26.8 Å². The maximum Gasteiger partial charge on any atom is 0.227 e. The molecular formula is C10H16N6OS. The van der Waals surface area contributed by atoms with Crippen molar-refractivity contribution in [1.82, 2.24) is 20.1 Å². The molecule has 0 saturated carbocycles. The van der Waals surface area contributed by atoms with Gasteiger partial charge in [0.25, 0.3) is 0 Å². The zero-order valence-corrected chi connectivity index (χ0v) is 11.4. The molecule has 1 aromatic rings. The van der Waals surface area contributed by atoms with Gasteiger partial charge in [0.1, 0.15) is 12.1 Å². The Kier molecular flexibility index (Phi) is 3.55. The Bertz CT molecular complexity index is 469. The van der Waals surface area contributed by atoms with Crippen molar-refractivity contribution in [2.75, 3.05) is 11.9 Å². The highest BCUT2D eigenvalue weighted by molar-refractivity contribution is 7.99. The lowest BCUT2D eigenvalue weighted by Crippen LogP contribution is -2.35. The number of nitroso groups, excluding NO2 is 1. The molecule has 1 aliphatic heterocycles. The van der Waals surface area contributed by atoms with Gasteiger partial charge in [0.05, 0.1) is 10.8 Å². The van der Waals surface area contributed by atoms with Gasteiger partial charge in [-0.1, -0.05) is 0 Å². The van der Waals surface area contributed by atoms with Crippen LogP contribution >= 0.6 is 11.9 Å². The summed E-state index contributed by atoms with van der Waals surface area (Å²) in [6.07, 6.45) is 3.54. The van der Waals surface area contributed by atoms with Crippen LogP contribution in [0.4, 0.5) is 5.95 Å². The van der Waals surface area contributed by atoms with Crippen LogP contribution in [-0.2, 0) is 0 Å². The quantitative estimate of drug-likeness (QED) is 0.626. The molecule has 1 aromatic heterocycles. The summed E-state index contributed by atoms with van der Waals surface area (Å²) in [6, 6.07) is 0.145. The fourth-order valence-corrected chi connectivity index (χ4v) is 1.99. The first-order chi connectivity index (χ1) is 8.52. The molecule has 7 nitrogen and oxygen atoms in total. The standard InChI is InChI=1S/C10H16N6OS/c1-7-4-8(11-5-10(2,3)18-15-17)14-9-12-6-13-16(7)9/h4,6-7,11H,5H2,1-3H3,(H,12,13,14). The number of rotatable bonds is 5. The van der Waals surface area contributed by atoms with Gasteiger partial charge in [0.15, 0.2) is 0 Å².